The van der Waals surface area contributed by atoms with Crippen LogP contribution < -0.4 is 27.4 Å². The van der Waals surface area contributed by atoms with Crippen molar-refractivity contribution in [1.29, 1.82) is 0 Å². The van der Waals surface area contributed by atoms with Gasteiger partial charge in [-0.15, -0.1) is 0 Å². The topological polar surface area (TPSA) is 214 Å². The van der Waals surface area contributed by atoms with Gasteiger partial charge in [-0.05, 0) is 31.7 Å². The van der Waals surface area contributed by atoms with Gasteiger partial charge in [0.05, 0.1) is 6.04 Å². The summed E-state index contributed by atoms with van der Waals surface area (Å²) in [4.78, 5) is 60.1. The van der Waals surface area contributed by atoms with E-state index >= 15 is 0 Å². The van der Waals surface area contributed by atoms with Crippen LogP contribution in [-0.2, 0) is 24.0 Å². The number of nitrogens with two attached hydrogens (primary N) is 2. The zero-order valence-corrected chi connectivity index (χ0v) is 20.0. The van der Waals surface area contributed by atoms with Crippen molar-refractivity contribution in [2.24, 2.45) is 17.4 Å². The lowest BCUT2D eigenvalue weighted by atomic mass is 9.99. The molecule has 0 aromatic carbocycles. The Kier molecular flexibility index (Phi) is 15.1. The van der Waals surface area contributed by atoms with Crippen LogP contribution >= 0.6 is 12.6 Å². The lowest BCUT2D eigenvalue weighted by Crippen LogP contribution is -2.58. The number of carboxylic acids is 2. The van der Waals surface area contributed by atoms with E-state index in [2.05, 4.69) is 28.6 Å². The molecule has 12 nitrogen and oxygen atoms in total. The van der Waals surface area contributed by atoms with Gasteiger partial charge in [0.2, 0.25) is 17.7 Å². The van der Waals surface area contributed by atoms with Gasteiger partial charge in [-0.3, -0.25) is 19.2 Å². The van der Waals surface area contributed by atoms with E-state index in [1.807, 2.05) is 0 Å². The Balaban J connectivity index is 5.28. The van der Waals surface area contributed by atoms with Gasteiger partial charge < -0.3 is 37.6 Å². The molecular formula is C20H37N5O7S. The van der Waals surface area contributed by atoms with Crippen molar-refractivity contribution in [3.63, 3.8) is 0 Å². The molecule has 9 N–H and O–H groups in total. The summed E-state index contributed by atoms with van der Waals surface area (Å²) in [6.45, 7) is 3.90. The summed E-state index contributed by atoms with van der Waals surface area (Å²) in [7, 11) is 0. The fraction of sp³-hybridized carbons (Fsp3) is 0.750. The number of carbonyl (C=O) groups excluding carboxylic acids is 3. The first-order chi connectivity index (χ1) is 15.5. The Labute approximate surface area is 199 Å². The van der Waals surface area contributed by atoms with Crippen LogP contribution in [0.25, 0.3) is 0 Å². The lowest BCUT2D eigenvalue weighted by molar-refractivity contribution is -0.143. The molecule has 0 heterocycles. The highest BCUT2D eigenvalue weighted by Crippen LogP contribution is 2.09. The first kappa shape index (κ1) is 30.6. The number of rotatable bonds is 17. The summed E-state index contributed by atoms with van der Waals surface area (Å²) in [6, 6.07) is -4.52. The summed E-state index contributed by atoms with van der Waals surface area (Å²) in [5.74, 6) is -5.08. The van der Waals surface area contributed by atoms with Crippen molar-refractivity contribution in [1.82, 2.24) is 16.0 Å². The number of carbonyl (C=O) groups is 5. The van der Waals surface area contributed by atoms with Crippen molar-refractivity contribution in [2.75, 3.05) is 12.3 Å². The number of unbranched alkanes of at least 4 members (excludes halogenated alkanes) is 1. The zero-order chi connectivity index (χ0) is 25.6. The van der Waals surface area contributed by atoms with Crippen LogP contribution in [0.4, 0.5) is 0 Å². The molecule has 0 bridgehead atoms. The molecule has 0 aromatic heterocycles. The maximum atomic E-state index is 12.8. The van der Waals surface area contributed by atoms with Crippen LogP contribution in [0.5, 0.6) is 0 Å². The van der Waals surface area contributed by atoms with E-state index in [-0.39, 0.29) is 18.1 Å². The van der Waals surface area contributed by atoms with Gasteiger partial charge in [0.1, 0.15) is 18.1 Å². The third kappa shape index (κ3) is 11.9. The Hall–Kier alpha value is -2.38. The van der Waals surface area contributed by atoms with Crippen LogP contribution in [0.2, 0.25) is 0 Å². The predicted octanol–water partition coefficient (Wildman–Crippen LogP) is -1.18. The number of amides is 3. The second-order valence-corrected chi connectivity index (χ2v) is 8.20. The SMILES string of the molecule is CCC(C)C(NC(=O)C(CS)NC(=O)C(CCC(=O)O)NC(=O)C(N)CCCCN)C(=O)O. The van der Waals surface area contributed by atoms with Gasteiger partial charge in [0.15, 0.2) is 0 Å². The van der Waals surface area contributed by atoms with E-state index in [4.69, 9.17) is 16.6 Å². The van der Waals surface area contributed by atoms with E-state index in [0.29, 0.717) is 32.2 Å². The summed E-state index contributed by atoms with van der Waals surface area (Å²) < 4.78 is 0. The van der Waals surface area contributed by atoms with Crippen molar-refractivity contribution in [2.45, 2.75) is 76.5 Å². The van der Waals surface area contributed by atoms with Gasteiger partial charge in [-0.25, -0.2) is 4.79 Å². The Bertz CT molecular complexity index is 679. The normalized spacial score (nSPS) is 15.4. The molecule has 0 saturated carbocycles. The highest BCUT2D eigenvalue weighted by atomic mass is 32.1. The summed E-state index contributed by atoms with van der Waals surface area (Å²) in [5.41, 5.74) is 11.2. The van der Waals surface area contributed by atoms with Crippen molar-refractivity contribution in [3.8, 4) is 0 Å². The first-order valence-corrected chi connectivity index (χ1v) is 11.5. The average Bonchev–Trinajstić information content (AvgIpc) is 2.76. The highest BCUT2D eigenvalue weighted by Gasteiger charge is 2.31. The van der Waals surface area contributed by atoms with Gasteiger partial charge in [-0.1, -0.05) is 26.7 Å². The third-order valence-electron chi connectivity index (χ3n) is 5.18. The molecule has 0 rings (SSSR count). The minimum absolute atomic E-state index is 0.150. The molecular weight excluding hydrogens is 454 g/mol. The van der Waals surface area contributed by atoms with E-state index in [1.165, 1.54) is 0 Å². The zero-order valence-electron chi connectivity index (χ0n) is 19.1. The summed E-state index contributed by atoms with van der Waals surface area (Å²) in [5, 5.41) is 25.5. The molecule has 190 valence electrons. The lowest BCUT2D eigenvalue weighted by Gasteiger charge is -2.25. The van der Waals surface area contributed by atoms with E-state index in [1.54, 1.807) is 13.8 Å². The second-order valence-electron chi connectivity index (χ2n) is 7.84. The van der Waals surface area contributed by atoms with Crippen LogP contribution in [-0.4, -0.2) is 76.3 Å². The molecule has 0 aliphatic rings. The molecule has 33 heavy (non-hydrogen) atoms. The van der Waals surface area contributed by atoms with Crippen molar-refractivity contribution >= 4 is 42.3 Å². The minimum atomic E-state index is -1.26. The number of nitrogens with one attached hydrogen (secondary N) is 3. The van der Waals surface area contributed by atoms with E-state index in [0.717, 1.165) is 0 Å². The van der Waals surface area contributed by atoms with Crippen LogP contribution in [0.1, 0.15) is 52.4 Å². The van der Waals surface area contributed by atoms with Crippen molar-refractivity contribution < 1.29 is 34.2 Å². The number of hydrogen-bond donors (Lipinski definition) is 8. The van der Waals surface area contributed by atoms with Gasteiger partial charge >= 0.3 is 11.9 Å². The molecule has 0 fully saturated rings. The molecule has 0 radical (unpaired) electrons. The largest absolute Gasteiger partial charge is 0.481 e. The minimum Gasteiger partial charge on any atom is -0.481 e. The van der Waals surface area contributed by atoms with Gasteiger partial charge in [-0.2, -0.15) is 12.6 Å². The summed E-state index contributed by atoms with van der Waals surface area (Å²) in [6.07, 6.45) is 1.49. The van der Waals surface area contributed by atoms with Crippen LogP contribution in [0.3, 0.4) is 0 Å². The quantitative estimate of drug-likeness (QED) is 0.0906. The number of aliphatic carboxylic acids is 2. The van der Waals surface area contributed by atoms with E-state index < -0.39 is 60.2 Å². The van der Waals surface area contributed by atoms with Gasteiger partial charge in [0, 0.05) is 12.2 Å². The number of carboxylic acid groups (broad SMARTS) is 2. The molecule has 5 unspecified atom stereocenters. The standard InChI is InChI=1S/C20H37N5O7S/c1-3-11(2)16(20(31)32)25-19(30)14(10-33)24-18(29)13(7-8-15(26)27)23-17(28)12(22)6-4-5-9-21/h11-14,16,33H,3-10,21-22H2,1-2H3,(H,23,28)(H,24,29)(H,25,30)(H,26,27)(H,31,32). The summed E-state index contributed by atoms with van der Waals surface area (Å²) >= 11 is 4.05. The van der Waals surface area contributed by atoms with Crippen LogP contribution in [0.15, 0.2) is 0 Å². The third-order valence-corrected chi connectivity index (χ3v) is 5.54. The van der Waals surface area contributed by atoms with Gasteiger partial charge in [0.25, 0.3) is 0 Å². The maximum absolute atomic E-state index is 12.8. The smallest absolute Gasteiger partial charge is 0.326 e. The Morgan fingerprint density at radius 2 is 1.48 bits per heavy atom. The predicted molar refractivity (Wildman–Crippen MR) is 124 cm³/mol. The fourth-order valence-electron chi connectivity index (χ4n) is 2.86. The van der Waals surface area contributed by atoms with Crippen LogP contribution in [0, 0.1) is 5.92 Å². The fourth-order valence-corrected chi connectivity index (χ4v) is 3.12. The number of hydrogen-bond acceptors (Lipinski definition) is 8. The second kappa shape index (κ2) is 16.3. The molecule has 0 aromatic rings. The molecule has 0 aliphatic carbocycles. The molecule has 3 amide bonds. The first-order valence-electron chi connectivity index (χ1n) is 10.9. The molecule has 5 atom stereocenters. The molecule has 13 heteroatoms. The molecule has 0 spiro atoms. The highest BCUT2D eigenvalue weighted by molar-refractivity contribution is 7.80. The number of thiol groups is 1. The Morgan fingerprint density at radius 3 is 1.97 bits per heavy atom. The maximum Gasteiger partial charge on any atom is 0.326 e. The average molecular weight is 492 g/mol. The van der Waals surface area contributed by atoms with E-state index in [9.17, 15) is 29.1 Å². The molecule has 0 saturated heterocycles. The monoisotopic (exact) mass is 491 g/mol. The Morgan fingerprint density at radius 1 is 0.909 bits per heavy atom. The van der Waals surface area contributed by atoms with Crippen molar-refractivity contribution in [3.05, 3.63) is 0 Å². The molecule has 0 aliphatic heterocycles.